The fourth-order valence-electron chi connectivity index (χ4n) is 1.70. The molecule has 0 aliphatic heterocycles. The predicted molar refractivity (Wildman–Crippen MR) is 70.7 cm³/mol. The maximum atomic E-state index is 13.1. The molecule has 96 valence electrons. The second-order valence-corrected chi connectivity index (χ2v) is 5.00. The van der Waals surface area contributed by atoms with Crippen LogP contribution in [0.3, 0.4) is 0 Å². The van der Waals surface area contributed by atoms with Crippen molar-refractivity contribution < 1.29 is 9.50 Å². The average Bonchev–Trinajstić information content (AvgIpc) is 2.81. The van der Waals surface area contributed by atoms with Crippen LogP contribution in [0, 0.1) is 5.82 Å². The zero-order valence-corrected chi connectivity index (χ0v) is 11.6. The topological polar surface area (TPSA) is 38.1 Å². The summed E-state index contributed by atoms with van der Waals surface area (Å²) in [5.41, 5.74) is 1.75. The van der Waals surface area contributed by atoms with Crippen molar-refractivity contribution in [1.29, 1.82) is 0 Å². The molecule has 0 saturated carbocycles. The summed E-state index contributed by atoms with van der Waals surface area (Å²) in [6.45, 7) is 2.47. The summed E-state index contributed by atoms with van der Waals surface area (Å²) in [7, 11) is 0. The second-order valence-electron chi connectivity index (χ2n) is 4.14. The van der Waals surface area contributed by atoms with E-state index in [1.165, 1.54) is 6.07 Å². The van der Waals surface area contributed by atoms with E-state index in [1.807, 2.05) is 13.1 Å². The normalized spacial score (nSPS) is 12.7. The number of hydrogen-bond acceptors (Lipinski definition) is 2. The van der Waals surface area contributed by atoms with Crippen molar-refractivity contribution in [3.05, 3.63) is 52.0 Å². The molecule has 1 aromatic carbocycles. The molecule has 0 radical (unpaired) electrons. The van der Waals surface area contributed by atoms with Gasteiger partial charge in [0.25, 0.3) is 0 Å². The van der Waals surface area contributed by atoms with E-state index >= 15 is 0 Å². The summed E-state index contributed by atoms with van der Waals surface area (Å²) in [4.78, 5) is 0. The van der Waals surface area contributed by atoms with Crippen LogP contribution in [0.4, 0.5) is 4.39 Å². The van der Waals surface area contributed by atoms with Crippen molar-refractivity contribution in [2.75, 3.05) is 0 Å². The Bertz CT molecular complexity index is 542. The molecular formula is C13H14BrFN2O. The van der Waals surface area contributed by atoms with Crippen LogP contribution in [0.15, 0.2) is 35.1 Å². The molecule has 0 aliphatic rings. The minimum Gasteiger partial charge on any atom is -0.388 e. The monoisotopic (exact) mass is 312 g/mol. The van der Waals surface area contributed by atoms with Gasteiger partial charge in [0.1, 0.15) is 5.82 Å². The molecule has 0 amide bonds. The number of halogens is 2. The minimum absolute atomic E-state index is 0.277. The van der Waals surface area contributed by atoms with Gasteiger partial charge in [0.15, 0.2) is 0 Å². The summed E-state index contributed by atoms with van der Waals surface area (Å²) in [6.07, 6.45) is 3.66. The van der Waals surface area contributed by atoms with Crippen molar-refractivity contribution in [3.8, 4) is 0 Å². The number of rotatable bonds is 4. The zero-order valence-electron chi connectivity index (χ0n) is 9.98. The fourth-order valence-corrected chi connectivity index (χ4v) is 2.13. The summed E-state index contributed by atoms with van der Waals surface area (Å²) in [6, 6.07) is 4.87. The standard InChI is InChI=1S/C13H14BrFN2O/c1-2-13(18)10-6-16-17(8-10)7-9-3-4-12(15)11(14)5-9/h3-6,8,13,18H,2,7H2,1H3. The molecular weight excluding hydrogens is 299 g/mol. The molecule has 5 heteroatoms. The van der Waals surface area contributed by atoms with E-state index < -0.39 is 6.10 Å². The number of aliphatic hydroxyl groups excluding tert-OH is 1. The molecule has 1 N–H and O–H groups in total. The molecule has 0 aliphatic carbocycles. The highest BCUT2D eigenvalue weighted by atomic mass is 79.9. The lowest BCUT2D eigenvalue weighted by Crippen LogP contribution is -2.00. The smallest absolute Gasteiger partial charge is 0.137 e. The van der Waals surface area contributed by atoms with Crippen molar-refractivity contribution in [2.24, 2.45) is 0 Å². The Hall–Kier alpha value is -1.20. The summed E-state index contributed by atoms with van der Waals surface area (Å²) >= 11 is 3.15. The van der Waals surface area contributed by atoms with E-state index in [-0.39, 0.29) is 5.82 Å². The Kier molecular flexibility index (Phi) is 4.14. The molecule has 0 bridgehead atoms. The third-order valence-corrected chi connectivity index (χ3v) is 3.36. The lowest BCUT2D eigenvalue weighted by Gasteiger charge is -2.04. The molecule has 0 saturated heterocycles. The molecule has 0 fully saturated rings. The molecule has 18 heavy (non-hydrogen) atoms. The predicted octanol–water partition coefficient (Wildman–Crippen LogP) is 3.28. The van der Waals surface area contributed by atoms with Gasteiger partial charge in [-0.05, 0) is 40.0 Å². The van der Waals surface area contributed by atoms with Crippen molar-refractivity contribution in [3.63, 3.8) is 0 Å². The number of nitrogens with zero attached hydrogens (tertiary/aromatic N) is 2. The molecule has 0 spiro atoms. The fraction of sp³-hybridized carbons (Fsp3) is 0.308. The van der Waals surface area contributed by atoms with E-state index in [4.69, 9.17) is 0 Å². The number of aromatic nitrogens is 2. The van der Waals surface area contributed by atoms with Crippen molar-refractivity contribution in [2.45, 2.75) is 26.0 Å². The van der Waals surface area contributed by atoms with Gasteiger partial charge in [-0.2, -0.15) is 5.10 Å². The molecule has 3 nitrogen and oxygen atoms in total. The van der Waals surface area contributed by atoms with Gasteiger partial charge in [-0.25, -0.2) is 4.39 Å². The molecule has 1 heterocycles. The molecule has 1 atom stereocenters. The molecule has 1 aromatic heterocycles. The highest BCUT2D eigenvalue weighted by Crippen LogP contribution is 2.19. The number of hydrogen-bond donors (Lipinski definition) is 1. The second kappa shape index (κ2) is 5.63. The Morgan fingerprint density at radius 3 is 2.94 bits per heavy atom. The van der Waals surface area contributed by atoms with E-state index in [9.17, 15) is 9.50 Å². The lowest BCUT2D eigenvalue weighted by atomic mass is 10.1. The maximum absolute atomic E-state index is 13.1. The highest BCUT2D eigenvalue weighted by molar-refractivity contribution is 9.10. The Morgan fingerprint density at radius 1 is 1.50 bits per heavy atom. The first-order chi connectivity index (χ1) is 8.60. The minimum atomic E-state index is -0.473. The third-order valence-electron chi connectivity index (χ3n) is 2.75. The summed E-state index contributed by atoms with van der Waals surface area (Å²) in [5.74, 6) is -0.277. The first-order valence-corrected chi connectivity index (χ1v) is 6.53. The van der Waals surface area contributed by atoms with Gasteiger partial charge in [0.05, 0.1) is 23.3 Å². The van der Waals surface area contributed by atoms with Crippen LogP contribution in [0.5, 0.6) is 0 Å². The zero-order chi connectivity index (χ0) is 13.1. The van der Waals surface area contributed by atoms with Gasteiger partial charge in [-0.3, -0.25) is 4.68 Å². The van der Waals surface area contributed by atoms with Crippen molar-refractivity contribution in [1.82, 2.24) is 9.78 Å². The van der Waals surface area contributed by atoms with Crippen LogP contribution in [-0.2, 0) is 6.54 Å². The van der Waals surface area contributed by atoms with Crippen LogP contribution < -0.4 is 0 Å². The first-order valence-electron chi connectivity index (χ1n) is 5.74. The SMILES string of the molecule is CCC(O)c1cnn(Cc2ccc(F)c(Br)c2)c1. The van der Waals surface area contributed by atoms with E-state index in [1.54, 1.807) is 23.0 Å². The third kappa shape index (κ3) is 2.97. The van der Waals surface area contributed by atoms with Gasteiger partial charge in [-0.1, -0.05) is 13.0 Å². The van der Waals surface area contributed by atoms with Crippen LogP contribution in [0.25, 0.3) is 0 Å². The van der Waals surface area contributed by atoms with Crippen LogP contribution in [-0.4, -0.2) is 14.9 Å². The van der Waals surface area contributed by atoms with Crippen LogP contribution in [0.2, 0.25) is 0 Å². The van der Waals surface area contributed by atoms with Gasteiger partial charge >= 0.3 is 0 Å². The van der Waals surface area contributed by atoms with E-state index in [0.29, 0.717) is 17.4 Å². The first kappa shape index (κ1) is 13.2. The molecule has 2 rings (SSSR count). The number of benzene rings is 1. The quantitative estimate of drug-likeness (QED) is 0.941. The molecule has 2 aromatic rings. The summed E-state index contributed by atoms with van der Waals surface area (Å²) in [5, 5.41) is 13.9. The van der Waals surface area contributed by atoms with Gasteiger partial charge in [0, 0.05) is 11.8 Å². The van der Waals surface area contributed by atoms with E-state index in [2.05, 4.69) is 21.0 Å². The Morgan fingerprint density at radius 2 is 2.28 bits per heavy atom. The van der Waals surface area contributed by atoms with Crippen LogP contribution in [0.1, 0.15) is 30.6 Å². The van der Waals surface area contributed by atoms with Crippen LogP contribution >= 0.6 is 15.9 Å². The average molecular weight is 313 g/mol. The highest BCUT2D eigenvalue weighted by Gasteiger charge is 2.08. The van der Waals surface area contributed by atoms with Gasteiger partial charge in [-0.15, -0.1) is 0 Å². The van der Waals surface area contributed by atoms with Gasteiger partial charge in [0.2, 0.25) is 0 Å². The maximum Gasteiger partial charge on any atom is 0.137 e. The number of aliphatic hydroxyl groups is 1. The van der Waals surface area contributed by atoms with Gasteiger partial charge < -0.3 is 5.11 Å². The largest absolute Gasteiger partial charge is 0.388 e. The Balaban J connectivity index is 2.13. The summed E-state index contributed by atoms with van der Waals surface area (Å²) < 4.78 is 15.3. The van der Waals surface area contributed by atoms with Crippen molar-refractivity contribution >= 4 is 15.9 Å². The Labute approximate surface area is 113 Å². The lowest BCUT2D eigenvalue weighted by molar-refractivity contribution is 0.173. The van der Waals surface area contributed by atoms with E-state index in [0.717, 1.165) is 11.1 Å². The molecule has 1 unspecified atom stereocenters.